The molecule has 2 aromatic heterocycles. The van der Waals surface area contributed by atoms with E-state index in [1.165, 1.54) is 6.20 Å². The summed E-state index contributed by atoms with van der Waals surface area (Å²) in [5.74, 6) is 5.01. The molecule has 8 heteroatoms. The van der Waals surface area contributed by atoms with Crippen molar-refractivity contribution in [2.45, 2.75) is 0 Å². The van der Waals surface area contributed by atoms with Crippen LogP contribution in [0.1, 0.15) is 32.1 Å². The van der Waals surface area contributed by atoms with Crippen LogP contribution in [0.15, 0.2) is 42.6 Å². The van der Waals surface area contributed by atoms with Gasteiger partial charge in [0.2, 0.25) is 5.69 Å². The number of hydrogen-bond acceptors (Lipinski definition) is 6. The molecule has 0 amide bonds. The fraction of sp³-hybridized carbons (Fsp3) is 0. The molecule has 0 aliphatic carbocycles. The normalized spacial score (nSPS) is 9.76. The number of carboxylic acids is 1. The van der Waals surface area contributed by atoms with Crippen molar-refractivity contribution in [1.29, 1.82) is 0 Å². The second-order valence-corrected chi connectivity index (χ2v) is 4.76. The molecule has 0 radical (unpaired) electrons. The molecule has 0 bridgehead atoms. The van der Waals surface area contributed by atoms with Gasteiger partial charge in [-0.05, 0) is 36.4 Å². The van der Waals surface area contributed by atoms with Crippen molar-refractivity contribution >= 4 is 12.3 Å². The summed E-state index contributed by atoms with van der Waals surface area (Å²) in [4.78, 5) is 25.4. The van der Waals surface area contributed by atoms with Crippen molar-refractivity contribution in [3.8, 4) is 23.5 Å². The maximum Gasteiger partial charge on any atom is 0.362 e. The average Bonchev–Trinajstić information content (AvgIpc) is 3.10. The molecule has 25 heavy (non-hydrogen) atoms. The second-order valence-electron chi connectivity index (χ2n) is 4.76. The third-order valence-electron chi connectivity index (χ3n) is 3.05. The van der Waals surface area contributed by atoms with E-state index >= 15 is 0 Å². The lowest BCUT2D eigenvalue weighted by Crippen LogP contribution is -1.99. The lowest BCUT2D eigenvalue weighted by molar-refractivity contribution is 0.0687. The number of benzene rings is 1. The molecule has 8 nitrogen and oxygen atoms in total. The summed E-state index contributed by atoms with van der Waals surface area (Å²) in [6.07, 6.45) is 2.19. The summed E-state index contributed by atoms with van der Waals surface area (Å²) in [6, 6.07) is 10.0. The van der Waals surface area contributed by atoms with Gasteiger partial charge in [0.1, 0.15) is 11.4 Å². The number of pyridine rings is 1. The highest BCUT2D eigenvalue weighted by molar-refractivity contribution is 5.87. The molecule has 3 rings (SSSR count). The van der Waals surface area contributed by atoms with Crippen LogP contribution in [0.4, 0.5) is 0 Å². The van der Waals surface area contributed by atoms with Crippen LogP contribution in [0.2, 0.25) is 0 Å². The molecule has 1 aromatic carbocycles. The SMILES string of the molecule is O=Cc1ccc(C#Cc2ccc(Oc3[nH]nnc3C(=O)O)cc2)cn1. The van der Waals surface area contributed by atoms with Crippen LogP contribution < -0.4 is 4.74 Å². The van der Waals surface area contributed by atoms with Crippen molar-refractivity contribution in [3.05, 3.63) is 65.1 Å². The van der Waals surface area contributed by atoms with Gasteiger partial charge in [-0.25, -0.2) is 9.89 Å². The van der Waals surface area contributed by atoms with Gasteiger partial charge in [0, 0.05) is 17.3 Å². The van der Waals surface area contributed by atoms with Crippen molar-refractivity contribution in [2.24, 2.45) is 0 Å². The van der Waals surface area contributed by atoms with Crippen LogP contribution in [0.5, 0.6) is 11.6 Å². The maximum atomic E-state index is 10.9. The number of H-pyrrole nitrogens is 1. The second kappa shape index (κ2) is 7.06. The standard InChI is InChI=1S/C17H10N4O4/c22-10-13-6-3-12(9-18-13)2-1-11-4-7-14(8-5-11)25-16-15(17(23)24)19-21-20-16/h3-10H,(H,23,24)(H,19,20,21). The van der Waals surface area contributed by atoms with Crippen molar-refractivity contribution in [2.75, 3.05) is 0 Å². The highest BCUT2D eigenvalue weighted by Crippen LogP contribution is 2.21. The molecular formula is C17H10N4O4. The average molecular weight is 334 g/mol. The van der Waals surface area contributed by atoms with Gasteiger partial charge in [-0.2, -0.15) is 0 Å². The van der Waals surface area contributed by atoms with E-state index in [0.29, 0.717) is 23.3 Å². The molecule has 0 aliphatic rings. The summed E-state index contributed by atoms with van der Waals surface area (Å²) < 4.78 is 5.40. The number of aromatic carboxylic acids is 1. The van der Waals surface area contributed by atoms with Gasteiger partial charge in [-0.1, -0.05) is 17.1 Å². The minimum absolute atomic E-state index is 0.0484. The zero-order chi connectivity index (χ0) is 17.6. The Morgan fingerprint density at radius 2 is 1.84 bits per heavy atom. The first-order valence-corrected chi connectivity index (χ1v) is 7.01. The molecule has 3 aromatic rings. The van der Waals surface area contributed by atoms with E-state index in [4.69, 9.17) is 9.84 Å². The zero-order valence-corrected chi connectivity index (χ0v) is 12.6. The summed E-state index contributed by atoms with van der Waals surface area (Å²) >= 11 is 0. The predicted molar refractivity (Wildman–Crippen MR) is 85.5 cm³/mol. The largest absolute Gasteiger partial charge is 0.476 e. The van der Waals surface area contributed by atoms with Gasteiger partial charge in [-0.3, -0.25) is 9.78 Å². The van der Waals surface area contributed by atoms with Crippen LogP contribution in [-0.4, -0.2) is 37.8 Å². The Hall–Kier alpha value is -3.99. The fourth-order valence-electron chi connectivity index (χ4n) is 1.85. The van der Waals surface area contributed by atoms with Crippen LogP contribution in [0.25, 0.3) is 0 Å². The van der Waals surface area contributed by atoms with Gasteiger partial charge in [-0.15, -0.1) is 5.10 Å². The minimum atomic E-state index is -1.24. The molecule has 0 unspecified atom stereocenters. The fourth-order valence-corrected chi connectivity index (χ4v) is 1.85. The Labute approximate surface area is 141 Å². The molecule has 2 N–H and O–H groups in total. The van der Waals surface area contributed by atoms with Crippen LogP contribution in [0.3, 0.4) is 0 Å². The van der Waals surface area contributed by atoms with E-state index in [1.807, 2.05) is 0 Å². The summed E-state index contributed by atoms with van der Waals surface area (Å²) in [5.41, 5.74) is 1.46. The molecule has 0 spiro atoms. The van der Waals surface area contributed by atoms with E-state index in [-0.39, 0.29) is 11.6 Å². The Balaban J connectivity index is 1.72. The summed E-state index contributed by atoms with van der Waals surface area (Å²) in [5, 5.41) is 18.2. The quantitative estimate of drug-likeness (QED) is 0.552. The van der Waals surface area contributed by atoms with Crippen LogP contribution >= 0.6 is 0 Å². The van der Waals surface area contributed by atoms with Crippen molar-refractivity contribution in [1.82, 2.24) is 20.4 Å². The van der Waals surface area contributed by atoms with E-state index < -0.39 is 5.97 Å². The Morgan fingerprint density at radius 1 is 1.12 bits per heavy atom. The molecule has 0 atom stereocenters. The number of aromatic amines is 1. The minimum Gasteiger partial charge on any atom is -0.476 e. The molecule has 0 saturated heterocycles. The topological polar surface area (TPSA) is 118 Å². The predicted octanol–water partition coefficient (Wildman–Crippen LogP) is 1.90. The highest BCUT2D eigenvalue weighted by atomic mass is 16.5. The number of hydrogen-bond donors (Lipinski definition) is 2. The van der Waals surface area contributed by atoms with E-state index in [0.717, 1.165) is 5.56 Å². The Kier molecular flexibility index (Phi) is 4.49. The summed E-state index contributed by atoms with van der Waals surface area (Å²) in [6.45, 7) is 0. The Bertz CT molecular complexity index is 966. The molecule has 0 aliphatic heterocycles. The zero-order valence-electron chi connectivity index (χ0n) is 12.6. The highest BCUT2D eigenvalue weighted by Gasteiger charge is 2.16. The van der Waals surface area contributed by atoms with Gasteiger partial charge in [0.25, 0.3) is 5.88 Å². The third-order valence-corrected chi connectivity index (χ3v) is 3.05. The summed E-state index contributed by atoms with van der Waals surface area (Å²) in [7, 11) is 0. The van der Waals surface area contributed by atoms with Crippen molar-refractivity contribution < 1.29 is 19.4 Å². The van der Waals surface area contributed by atoms with Gasteiger partial charge < -0.3 is 9.84 Å². The van der Waals surface area contributed by atoms with Gasteiger partial charge in [0.05, 0.1) is 0 Å². The third kappa shape index (κ3) is 3.86. The molecule has 122 valence electrons. The number of rotatable bonds is 4. The number of ether oxygens (including phenoxy) is 1. The number of aromatic nitrogens is 4. The number of carbonyl (C=O) groups excluding carboxylic acids is 1. The number of carboxylic acid groups (broad SMARTS) is 1. The smallest absolute Gasteiger partial charge is 0.362 e. The molecule has 0 fully saturated rings. The van der Waals surface area contributed by atoms with E-state index in [2.05, 4.69) is 32.2 Å². The lowest BCUT2D eigenvalue weighted by atomic mass is 10.2. The van der Waals surface area contributed by atoms with Crippen LogP contribution in [0, 0.1) is 11.8 Å². The first kappa shape index (κ1) is 15.9. The van der Waals surface area contributed by atoms with E-state index in [9.17, 15) is 9.59 Å². The molecule has 0 saturated carbocycles. The number of carbonyl (C=O) groups is 2. The molecular weight excluding hydrogens is 324 g/mol. The van der Waals surface area contributed by atoms with Gasteiger partial charge >= 0.3 is 5.97 Å². The maximum absolute atomic E-state index is 10.9. The van der Waals surface area contributed by atoms with Gasteiger partial charge in [0.15, 0.2) is 6.29 Å². The number of nitrogens with zero attached hydrogens (tertiary/aromatic N) is 3. The lowest BCUT2D eigenvalue weighted by Gasteiger charge is -2.02. The first-order chi connectivity index (χ1) is 12.2. The monoisotopic (exact) mass is 334 g/mol. The van der Waals surface area contributed by atoms with Crippen molar-refractivity contribution in [3.63, 3.8) is 0 Å². The van der Waals surface area contributed by atoms with E-state index in [1.54, 1.807) is 36.4 Å². The number of nitrogens with one attached hydrogen (secondary N) is 1. The first-order valence-electron chi connectivity index (χ1n) is 7.01. The molecule has 2 heterocycles. The Morgan fingerprint density at radius 3 is 2.48 bits per heavy atom. The van der Waals surface area contributed by atoms with Crippen LogP contribution in [-0.2, 0) is 0 Å². The number of aldehydes is 1.